The number of aromatic amines is 1. The van der Waals surface area contributed by atoms with Crippen LogP contribution in [0.1, 0.15) is 5.69 Å². The molecule has 6 nitrogen and oxygen atoms in total. The van der Waals surface area contributed by atoms with Crippen molar-refractivity contribution in [1.82, 2.24) is 30.0 Å². The lowest BCUT2D eigenvalue weighted by molar-refractivity contribution is 0.962. The molecule has 1 aromatic carbocycles. The van der Waals surface area contributed by atoms with Crippen LogP contribution in [-0.2, 0) is 0 Å². The lowest BCUT2D eigenvalue weighted by atomic mass is 10.2. The second-order valence-corrected chi connectivity index (χ2v) is 5.38. The third kappa shape index (κ3) is 1.71. The average Bonchev–Trinajstić information content (AvgIpc) is 3.13. The molecular weight excluding hydrogens is 272 g/mol. The van der Waals surface area contributed by atoms with Crippen LogP contribution in [0, 0.1) is 6.92 Å². The summed E-state index contributed by atoms with van der Waals surface area (Å²) in [5.74, 6) is 0.746. The Balaban J connectivity index is 1.87. The van der Waals surface area contributed by atoms with Gasteiger partial charge in [-0.05, 0) is 13.0 Å². The number of fused-ring (bicyclic) bond motifs is 1. The van der Waals surface area contributed by atoms with E-state index in [4.69, 9.17) is 0 Å². The first kappa shape index (κ1) is 11.3. The van der Waals surface area contributed by atoms with Gasteiger partial charge in [-0.15, -0.1) is 10.2 Å². The zero-order valence-electron chi connectivity index (χ0n) is 10.6. The lowest BCUT2D eigenvalue weighted by Gasteiger charge is -1.94. The Bertz CT molecular complexity index is 873. The smallest absolute Gasteiger partial charge is 0.235 e. The van der Waals surface area contributed by atoms with Gasteiger partial charge in [0, 0.05) is 11.3 Å². The zero-order chi connectivity index (χ0) is 13.5. The first-order chi connectivity index (χ1) is 9.81. The standard InChI is InChI=1S/C13H10N6S/c1-8-7-10(15-14-8)12-18-19-11(16-17-13(19)20-12)9-5-3-2-4-6-9/h2-7H,1H3,(H,14,15). The number of aryl methyl sites for hydroxylation is 1. The molecule has 0 atom stereocenters. The molecule has 0 aliphatic heterocycles. The lowest BCUT2D eigenvalue weighted by Crippen LogP contribution is -1.90. The highest BCUT2D eigenvalue weighted by atomic mass is 32.1. The summed E-state index contributed by atoms with van der Waals surface area (Å²) in [7, 11) is 0. The van der Waals surface area contributed by atoms with Gasteiger partial charge in [0.1, 0.15) is 5.69 Å². The minimum absolute atomic E-state index is 0.746. The van der Waals surface area contributed by atoms with Crippen molar-refractivity contribution in [2.24, 2.45) is 0 Å². The van der Waals surface area contributed by atoms with Crippen LogP contribution in [0.5, 0.6) is 0 Å². The molecule has 0 saturated carbocycles. The molecule has 0 radical (unpaired) electrons. The van der Waals surface area contributed by atoms with E-state index in [1.165, 1.54) is 11.3 Å². The second-order valence-electron chi connectivity index (χ2n) is 4.43. The van der Waals surface area contributed by atoms with E-state index in [1.807, 2.05) is 43.3 Å². The molecule has 0 unspecified atom stereocenters. The number of H-pyrrole nitrogens is 1. The Morgan fingerprint density at radius 2 is 2.00 bits per heavy atom. The summed E-state index contributed by atoms with van der Waals surface area (Å²) in [4.78, 5) is 0.763. The Hall–Kier alpha value is -2.54. The first-order valence-electron chi connectivity index (χ1n) is 6.11. The van der Waals surface area contributed by atoms with Crippen LogP contribution in [0.25, 0.3) is 27.1 Å². The van der Waals surface area contributed by atoms with Gasteiger partial charge in [0.15, 0.2) is 10.8 Å². The van der Waals surface area contributed by atoms with Crippen molar-refractivity contribution >= 4 is 16.3 Å². The molecule has 4 rings (SSSR count). The van der Waals surface area contributed by atoms with Gasteiger partial charge in [-0.1, -0.05) is 41.7 Å². The summed E-state index contributed by atoms with van der Waals surface area (Å²) >= 11 is 1.47. The van der Waals surface area contributed by atoms with Gasteiger partial charge in [-0.25, -0.2) is 0 Å². The van der Waals surface area contributed by atoms with Crippen molar-refractivity contribution in [3.8, 4) is 22.1 Å². The van der Waals surface area contributed by atoms with Crippen molar-refractivity contribution in [3.05, 3.63) is 42.1 Å². The van der Waals surface area contributed by atoms with Gasteiger partial charge >= 0.3 is 0 Å². The number of aromatic nitrogens is 6. The normalized spacial score (nSPS) is 11.2. The maximum atomic E-state index is 4.56. The zero-order valence-corrected chi connectivity index (χ0v) is 11.4. The molecule has 0 fully saturated rings. The van der Waals surface area contributed by atoms with E-state index < -0.39 is 0 Å². The highest BCUT2D eigenvalue weighted by molar-refractivity contribution is 7.19. The number of nitrogens with one attached hydrogen (secondary N) is 1. The van der Waals surface area contributed by atoms with E-state index in [-0.39, 0.29) is 0 Å². The van der Waals surface area contributed by atoms with Gasteiger partial charge < -0.3 is 0 Å². The third-order valence-corrected chi connectivity index (χ3v) is 3.87. The van der Waals surface area contributed by atoms with Crippen LogP contribution < -0.4 is 0 Å². The van der Waals surface area contributed by atoms with Crippen molar-refractivity contribution in [3.63, 3.8) is 0 Å². The Morgan fingerprint density at radius 1 is 1.15 bits per heavy atom. The van der Waals surface area contributed by atoms with Gasteiger partial charge in [0.25, 0.3) is 0 Å². The second kappa shape index (κ2) is 4.24. The van der Waals surface area contributed by atoms with Gasteiger partial charge in [0.05, 0.1) is 0 Å². The first-order valence-corrected chi connectivity index (χ1v) is 6.93. The molecule has 0 saturated heterocycles. The molecule has 0 aliphatic carbocycles. The van der Waals surface area contributed by atoms with Gasteiger partial charge in [-0.2, -0.15) is 14.7 Å². The molecule has 0 spiro atoms. The predicted molar refractivity (Wildman–Crippen MR) is 76.4 cm³/mol. The van der Waals surface area contributed by atoms with Gasteiger partial charge in [-0.3, -0.25) is 5.10 Å². The quantitative estimate of drug-likeness (QED) is 0.613. The molecule has 7 heteroatoms. The number of benzene rings is 1. The molecule has 3 heterocycles. The topological polar surface area (TPSA) is 71.8 Å². The highest BCUT2D eigenvalue weighted by Gasteiger charge is 2.15. The highest BCUT2D eigenvalue weighted by Crippen LogP contribution is 2.26. The maximum Gasteiger partial charge on any atom is 0.235 e. The largest absolute Gasteiger partial charge is 0.282 e. The maximum absolute atomic E-state index is 4.56. The number of nitrogens with zero attached hydrogens (tertiary/aromatic N) is 5. The van der Waals surface area contributed by atoms with E-state index >= 15 is 0 Å². The molecule has 98 valence electrons. The minimum Gasteiger partial charge on any atom is -0.282 e. The summed E-state index contributed by atoms with van der Waals surface area (Å²) in [6.45, 7) is 1.96. The molecule has 20 heavy (non-hydrogen) atoms. The fourth-order valence-corrected chi connectivity index (χ4v) is 2.82. The van der Waals surface area contributed by atoms with Crippen molar-refractivity contribution in [2.75, 3.05) is 0 Å². The third-order valence-electron chi connectivity index (χ3n) is 2.95. The number of rotatable bonds is 2. The van der Waals surface area contributed by atoms with E-state index in [0.29, 0.717) is 0 Å². The Kier molecular flexibility index (Phi) is 2.40. The molecule has 1 N–H and O–H groups in total. The van der Waals surface area contributed by atoms with Crippen molar-refractivity contribution < 1.29 is 0 Å². The fourth-order valence-electron chi connectivity index (χ4n) is 2.02. The SMILES string of the molecule is Cc1cc(-c2nn3c(-c4ccccc4)nnc3s2)n[nH]1. The Labute approximate surface area is 118 Å². The molecule has 0 amide bonds. The molecular formula is C13H10N6S. The Morgan fingerprint density at radius 3 is 2.75 bits per heavy atom. The predicted octanol–water partition coefficient (Wildman–Crippen LogP) is 2.55. The molecule has 4 aromatic rings. The number of hydrogen-bond acceptors (Lipinski definition) is 5. The fraction of sp³-hybridized carbons (Fsp3) is 0.0769. The monoisotopic (exact) mass is 282 g/mol. The van der Waals surface area contributed by atoms with Crippen LogP contribution in [0.3, 0.4) is 0 Å². The van der Waals surface area contributed by atoms with E-state index in [2.05, 4.69) is 25.5 Å². The average molecular weight is 282 g/mol. The molecule has 0 bridgehead atoms. The summed E-state index contributed by atoms with van der Waals surface area (Å²) in [5, 5.41) is 20.9. The summed E-state index contributed by atoms with van der Waals surface area (Å²) in [6, 6.07) is 11.9. The van der Waals surface area contributed by atoms with Crippen LogP contribution in [0.4, 0.5) is 0 Å². The summed E-state index contributed by atoms with van der Waals surface area (Å²) < 4.78 is 1.76. The summed E-state index contributed by atoms with van der Waals surface area (Å²) in [5.41, 5.74) is 2.83. The van der Waals surface area contributed by atoms with Crippen LogP contribution in [0.15, 0.2) is 36.4 Å². The van der Waals surface area contributed by atoms with Crippen LogP contribution >= 0.6 is 11.3 Å². The minimum atomic E-state index is 0.746. The molecule has 3 aromatic heterocycles. The summed E-state index contributed by atoms with van der Waals surface area (Å²) in [6.07, 6.45) is 0. The molecule has 0 aliphatic rings. The van der Waals surface area contributed by atoms with Crippen LogP contribution in [0.2, 0.25) is 0 Å². The van der Waals surface area contributed by atoms with E-state index in [9.17, 15) is 0 Å². The number of hydrogen-bond donors (Lipinski definition) is 1. The van der Waals surface area contributed by atoms with E-state index in [0.717, 1.165) is 32.7 Å². The van der Waals surface area contributed by atoms with E-state index in [1.54, 1.807) is 4.52 Å². The van der Waals surface area contributed by atoms with Crippen LogP contribution in [-0.4, -0.2) is 30.0 Å². The van der Waals surface area contributed by atoms with Gasteiger partial charge in [0.2, 0.25) is 4.96 Å². The van der Waals surface area contributed by atoms with Crippen molar-refractivity contribution in [1.29, 1.82) is 0 Å². The van der Waals surface area contributed by atoms with Crippen molar-refractivity contribution in [2.45, 2.75) is 6.92 Å².